The van der Waals surface area contributed by atoms with Crippen LogP contribution in [0.1, 0.15) is 12.8 Å². The van der Waals surface area contributed by atoms with Gasteiger partial charge in [-0.2, -0.15) is 0 Å². The molecule has 0 fully saturated rings. The van der Waals surface area contributed by atoms with Crippen molar-refractivity contribution in [1.82, 2.24) is 0 Å². The first-order valence-corrected chi connectivity index (χ1v) is 5.33. The van der Waals surface area contributed by atoms with Crippen LogP contribution in [0.25, 0.3) is 0 Å². The molecule has 0 aromatic rings. The molecule has 0 bridgehead atoms. The fourth-order valence-electron chi connectivity index (χ4n) is 1.82. The lowest BCUT2D eigenvalue weighted by Gasteiger charge is -2.23. The van der Waals surface area contributed by atoms with Crippen LogP contribution >= 0.6 is 0 Å². The Morgan fingerprint density at radius 1 is 1.00 bits per heavy atom. The fourth-order valence-corrected chi connectivity index (χ4v) is 1.82. The van der Waals surface area contributed by atoms with Crippen LogP contribution in [0.5, 0.6) is 0 Å². The average Bonchev–Trinajstić information content (AvgIpc) is 2.31. The zero-order valence-electron chi connectivity index (χ0n) is 9.67. The van der Waals surface area contributed by atoms with E-state index in [1.165, 1.54) is 11.1 Å². The second-order valence-electron chi connectivity index (χ2n) is 3.54. The van der Waals surface area contributed by atoms with Crippen molar-refractivity contribution >= 4 is 0 Å². The fraction of sp³-hybridized carbons (Fsp3) is 0.200. The van der Waals surface area contributed by atoms with Crippen molar-refractivity contribution in [2.24, 2.45) is 0 Å². The summed E-state index contributed by atoms with van der Waals surface area (Å²) in [6.45, 7) is 15.7. The Morgan fingerprint density at radius 2 is 1.69 bits per heavy atom. The smallest absolute Gasteiger partial charge is 0.126 e. The average molecular weight is 214 g/mol. The lowest BCUT2D eigenvalue weighted by molar-refractivity contribution is 0.242. The standard InChI is InChI=1S/C15H18O/c1-5-9-12-11-16-15(8-4)13(7-3)14(12)10-6-2/h5-8H,1-4,9-11H2. The summed E-state index contributed by atoms with van der Waals surface area (Å²) in [5.74, 6) is 0.805. The van der Waals surface area contributed by atoms with Gasteiger partial charge in [-0.3, -0.25) is 0 Å². The third-order valence-corrected chi connectivity index (χ3v) is 2.55. The predicted octanol–water partition coefficient (Wildman–Crippen LogP) is 4.09. The summed E-state index contributed by atoms with van der Waals surface area (Å²) in [5, 5.41) is 0. The molecular formula is C15H18O. The monoisotopic (exact) mass is 214 g/mol. The Balaban J connectivity index is 3.23. The van der Waals surface area contributed by atoms with E-state index in [2.05, 4.69) is 26.3 Å². The first kappa shape index (κ1) is 12.3. The molecule has 0 aromatic carbocycles. The summed E-state index contributed by atoms with van der Waals surface area (Å²) < 4.78 is 5.62. The summed E-state index contributed by atoms with van der Waals surface area (Å²) in [7, 11) is 0. The minimum Gasteiger partial charge on any atom is -0.489 e. The first-order chi connectivity index (χ1) is 7.78. The maximum Gasteiger partial charge on any atom is 0.126 e. The molecule has 1 aliphatic heterocycles. The quantitative estimate of drug-likeness (QED) is 0.605. The molecule has 1 heteroatoms. The second kappa shape index (κ2) is 5.96. The van der Waals surface area contributed by atoms with E-state index in [0.29, 0.717) is 6.61 Å². The molecule has 0 atom stereocenters. The Bertz CT molecular complexity index is 380. The van der Waals surface area contributed by atoms with Gasteiger partial charge in [0.1, 0.15) is 12.4 Å². The molecule has 1 heterocycles. The third kappa shape index (κ3) is 2.43. The van der Waals surface area contributed by atoms with Gasteiger partial charge < -0.3 is 4.74 Å². The number of rotatable bonds is 6. The molecule has 0 unspecified atom stereocenters. The summed E-state index contributed by atoms with van der Waals surface area (Å²) in [4.78, 5) is 0. The van der Waals surface area contributed by atoms with Crippen LogP contribution < -0.4 is 0 Å². The normalized spacial score (nSPS) is 15.5. The SMILES string of the molecule is C=CCC1=C(CC=C)C(C=C)=C(C=C)OC1. The first-order valence-electron chi connectivity index (χ1n) is 5.33. The largest absolute Gasteiger partial charge is 0.489 e. The lowest BCUT2D eigenvalue weighted by Crippen LogP contribution is -2.10. The van der Waals surface area contributed by atoms with Crippen molar-refractivity contribution in [3.8, 4) is 0 Å². The van der Waals surface area contributed by atoms with E-state index in [9.17, 15) is 0 Å². The number of allylic oxidation sites excluding steroid dienone is 6. The van der Waals surface area contributed by atoms with Crippen LogP contribution in [0.15, 0.2) is 73.1 Å². The van der Waals surface area contributed by atoms with Gasteiger partial charge in [-0.25, -0.2) is 0 Å². The van der Waals surface area contributed by atoms with Crippen molar-refractivity contribution in [1.29, 1.82) is 0 Å². The van der Waals surface area contributed by atoms with Crippen LogP contribution in [0.4, 0.5) is 0 Å². The third-order valence-electron chi connectivity index (χ3n) is 2.55. The van der Waals surface area contributed by atoms with Crippen LogP contribution in [0.2, 0.25) is 0 Å². The van der Waals surface area contributed by atoms with E-state index in [1.54, 1.807) is 6.08 Å². The zero-order chi connectivity index (χ0) is 12.0. The topological polar surface area (TPSA) is 9.23 Å². The molecule has 1 nitrogen and oxygen atoms in total. The van der Waals surface area contributed by atoms with Gasteiger partial charge in [0, 0.05) is 5.57 Å². The highest BCUT2D eigenvalue weighted by Gasteiger charge is 2.17. The zero-order valence-corrected chi connectivity index (χ0v) is 9.67. The van der Waals surface area contributed by atoms with Crippen LogP contribution in [0.3, 0.4) is 0 Å². The summed E-state index contributed by atoms with van der Waals surface area (Å²) >= 11 is 0. The number of hydrogen-bond donors (Lipinski definition) is 0. The van der Waals surface area contributed by atoms with Crippen molar-refractivity contribution in [2.45, 2.75) is 12.8 Å². The Kier molecular flexibility index (Phi) is 4.59. The van der Waals surface area contributed by atoms with Gasteiger partial charge in [-0.05, 0) is 30.1 Å². The lowest BCUT2D eigenvalue weighted by atomic mass is 9.92. The van der Waals surface area contributed by atoms with E-state index in [0.717, 1.165) is 24.2 Å². The van der Waals surface area contributed by atoms with Gasteiger partial charge in [-0.1, -0.05) is 31.4 Å². The van der Waals surface area contributed by atoms with E-state index < -0.39 is 0 Å². The Hall–Kier alpha value is -1.76. The second-order valence-corrected chi connectivity index (χ2v) is 3.54. The molecule has 0 radical (unpaired) electrons. The maximum absolute atomic E-state index is 5.62. The molecule has 0 amide bonds. The molecule has 0 saturated carbocycles. The molecule has 0 saturated heterocycles. The van der Waals surface area contributed by atoms with Crippen molar-refractivity contribution in [3.05, 3.63) is 73.1 Å². The molecule has 0 aliphatic carbocycles. The molecule has 1 aliphatic rings. The van der Waals surface area contributed by atoms with E-state index in [1.807, 2.05) is 18.2 Å². The highest BCUT2D eigenvalue weighted by Crippen LogP contribution is 2.31. The molecule has 16 heavy (non-hydrogen) atoms. The molecule has 1 rings (SSSR count). The van der Waals surface area contributed by atoms with E-state index in [4.69, 9.17) is 4.74 Å². The van der Waals surface area contributed by atoms with Crippen molar-refractivity contribution in [2.75, 3.05) is 6.61 Å². The van der Waals surface area contributed by atoms with E-state index >= 15 is 0 Å². The maximum atomic E-state index is 5.62. The van der Waals surface area contributed by atoms with E-state index in [-0.39, 0.29) is 0 Å². The summed E-state index contributed by atoms with van der Waals surface area (Å²) in [6.07, 6.45) is 8.99. The van der Waals surface area contributed by atoms with Gasteiger partial charge >= 0.3 is 0 Å². The molecular weight excluding hydrogens is 196 g/mol. The van der Waals surface area contributed by atoms with Crippen LogP contribution in [0, 0.1) is 0 Å². The molecule has 84 valence electrons. The van der Waals surface area contributed by atoms with Crippen LogP contribution in [-0.4, -0.2) is 6.61 Å². The van der Waals surface area contributed by atoms with Gasteiger partial charge in [0.15, 0.2) is 0 Å². The number of hydrogen-bond acceptors (Lipinski definition) is 1. The van der Waals surface area contributed by atoms with Gasteiger partial charge in [0.05, 0.1) is 0 Å². The summed E-state index contributed by atoms with van der Waals surface area (Å²) in [5.41, 5.74) is 3.51. The highest BCUT2D eigenvalue weighted by atomic mass is 16.5. The van der Waals surface area contributed by atoms with Crippen molar-refractivity contribution < 1.29 is 4.74 Å². The Morgan fingerprint density at radius 3 is 2.19 bits per heavy atom. The predicted molar refractivity (Wildman–Crippen MR) is 70.0 cm³/mol. The molecule has 0 spiro atoms. The minimum absolute atomic E-state index is 0.605. The van der Waals surface area contributed by atoms with Gasteiger partial charge in [-0.15, -0.1) is 13.2 Å². The molecule has 0 N–H and O–H groups in total. The van der Waals surface area contributed by atoms with Gasteiger partial charge in [0.2, 0.25) is 0 Å². The number of ether oxygens (including phenoxy) is 1. The Labute approximate surface area is 97.8 Å². The highest BCUT2D eigenvalue weighted by molar-refractivity contribution is 5.49. The summed E-state index contributed by atoms with van der Waals surface area (Å²) in [6, 6.07) is 0. The molecule has 0 aromatic heterocycles. The van der Waals surface area contributed by atoms with Crippen molar-refractivity contribution in [3.63, 3.8) is 0 Å². The minimum atomic E-state index is 0.605. The van der Waals surface area contributed by atoms with Gasteiger partial charge in [0.25, 0.3) is 0 Å². The van der Waals surface area contributed by atoms with Crippen LogP contribution in [-0.2, 0) is 4.74 Å².